The van der Waals surface area contributed by atoms with E-state index in [0.29, 0.717) is 0 Å². The Morgan fingerprint density at radius 2 is 2.27 bits per heavy atom. The van der Waals surface area contributed by atoms with Gasteiger partial charge in [0.25, 0.3) is 0 Å². The molecular weight excluding hydrogens is 136 g/mol. The second-order valence-electron chi connectivity index (χ2n) is 2.88. The summed E-state index contributed by atoms with van der Waals surface area (Å²) in [7, 11) is 0. The van der Waals surface area contributed by atoms with Crippen molar-refractivity contribution in [3.05, 3.63) is 29.3 Å². The Labute approximate surface area is 66.6 Å². The van der Waals surface area contributed by atoms with Crippen LogP contribution in [0.5, 0.6) is 0 Å². The Morgan fingerprint density at radius 1 is 1.36 bits per heavy atom. The molecule has 2 rings (SSSR count). The Morgan fingerprint density at radius 3 is 3.09 bits per heavy atom. The lowest BCUT2D eigenvalue weighted by Crippen LogP contribution is -2.27. The highest BCUT2D eigenvalue weighted by Gasteiger charge is 2.07. The Bertz CT molecular complexity index is 268. The molecule has 1 heterocycles. The molecule has 1 aromatic carbocycles. The molecule has 2 heteroatoms. The van der Waals surface area contributed by atoms with Crippen LogP contribution in [0.15, 0.2) is 18.2 Å². The molecule has 1 aliphatic heterocycles. The molecule has 0 spiro atoms. The Hall–Kier alpha value is -1.02. The van der Waals surface area contributed by atoms with Crippen molar-refractivity contribution < 1.29 is 0 Å². The van der Waals surface area contributed by atoms with Gasteiger partial charge in [0.15, 0.2) is 0 Å². The normalized spacial score (nSPS) is 15.4. The van der Waals surface area contributed by atoms with Gasteiger partial charge in [0.05, 0.1) is 6.67 Å². The van der Waals surface area contributed by atoms with E-state index in [2.05, 4.69) is 35.8 Å². The third-order valence-corrected chi connectivity index (χ3v) is 2.12. The summed E-state index contributed by atoms with van der Waals surface area (Å²) in [5.41, 5.74) is 4.05. The van der Waals surface area contributed by atoms with Gasteiger partial charge in [-0.1, -0.05) is 12.1 Å². The fourth-order valence-electron chi connectivity index (χ4n) is 1.45. The maximum absolute atomic E-state index is 3.29. The molecule has 0 saturated carbocycles. The minimum atomic E-state index is 0.885. The maximum atomic E-state index is 3.29. The first kappa shape index (κ1) is 6.68. The summed E-state index contributed by atoms with van der Waals surface area (Å²) in [4.78, 5) is 0. The summed E-state index contributed by atoms with van der Waals surface area (Å²) in [6.07, 6.45) is 0. The molecule has 0 aromatic heterocycles. The van der Waals surface area contributed by atoms with Gasteiger partial charge in [-0.05, 0) is 24.1 Å². The van der Waals surface area contributed by atoms with E-state index in [1.165, 1.54) is 16.8 Å². The van der Waals surface area contributed by atoms with E-state index in [1.54, 1.807) is 0 Å². The van der Waals surface area contributed by atoms with Gasteiger partial charge in [-0.25, -0.2) is 0 Å². The lowest BCUT2D eigenvalue weighted by Gasteiger charge is -2.20. The van der Waals surface area contributed by atoms with Crippen molar-refractivity contribution in [3.8, 4) is 0 Å². The van der Waals surface area contributed by atoms with E-state index in [0.717, 1.165) is 13.2 Å². The van der Waals surface area contributed by atoms with E-state index in [9.17, 15) is 0 Å². The molecule has 0 radical (unpaired) electrons. The molecule has 0 fully saturated rings. The number of benzene rings is 1. The van der Waals surface area contributed by atoms with Crippen LogP contribution >= 0.6 is 0 Å². The monoisotopic (exact) mass is 148 g/mol. The van der Waals surface area contributed by atoms with Gasteiger partial charge in [-0.2, -0.15) is 0 Å². The lowest BCUT2D eigenvalue weighted by molar-refractivity contribution is 0.706. The van der Waals surface area contributed by atoms with E-state index in [1.807, 2.05) is 0 Å². The minimum absolute atomic E-state index is 0.885. The third-order valence-electron chi connectivity index (χ3n) is 2.12. The summed E-state index contributed by atoms with van der Waals surface area (Å²) in [5.74, 6) is 0. The number of hydrogen-bond donors (Lipinski definition) is 2. The topological polar surface area (TPSA) is 24.1 Å². The van der Waals surface area contributed by atoms with Crippen LogP contribution < -0.4 is 10.6 Å². The molecule has 0 unspecified atom stereocenters. The zero-order valence-electron chi connectivity index (χ0n) is 6.65. The average Bonchev–Trinajstić information content (AvgIpc) is 2.06. The second-order valence-corrected chi connectivity index (χ2v) is 2.88. The summed E-state index contributed by atoms with van der Waals surface area (Å²) >= 11 is 0. The van der Waals surface area contributed by atoms with Gasteiger partial charge in [-0.3, -0.25) is 5.32 Å². The van der Waals surface area contributed by atoms with Crippen molar-refractivity contribution >= 4 is 5.69 Å². The molecule has 0 aliphatic carbocycles. The molecule has 11 heavy (non-hydrogen) atoms. The predicted molar refractivity (Wildman–Crippen MR) is 46.5 cm³/mol. The van der Waals surface area contributed by atoms with E-state index < -0.39 is 0 Å². The first-order valence-electron chi connectivity index (χ1n) is 3.91. The zero-order valence-corrected chi connectivity index (χ0v) is 6.65. The smallest absolute Gasteiger partial charge is 0.0655 e. The minimum Gasteiger partial charge on any atom is -0.372 e. The quantitative estimate of drug-likeness (QED) is 0.582. The number of nitrogens with one attached hydrogen (secondary N) is 2. The van der Waals surface area contributed by atoms with Crippen molar-refractivity contribution in [1.82, 2.24) is 5.32 Å². The van der Waals surface area contributed by atoms with Gasteiger partial charge in [-0.15, -0.1) is 0 Å². The Balaban J connectivity index is 2.49. The van der Waals surface area contributed by atoms with E-state index >= 15 is 0 Å². The van der Waals surface area contributed by atoms with Crippen molar-refractivity contribution in [3.63, 3.8) is 0 Å². The highest BCUT2D eigenvalue weighted by Crippen LogP contribution is 2.20. The van der Waals surface area contributed by atoms with Crippen LogP contribution in [0.4, 0.5) is 5.69 Å². The fourth-order valence-corrected chi connectivity index (χ4v) is 1.45. The van der Waals surface area contributed by atoms with Crippen LogP contribution in [0.2, 0.25) is 0 Å². The number of fused-ring (bicyclic) bond motifs is 1. The van der Waals surface area contributed by atoms with Gasteiger partial charge >= 0.3 is 0 Å². The maximum Gasteiger partial charge on any atom is 0.0655 e. The highest BCUT2D eigenvalue weighted by atomic mass is 15.1. The third kappa shape index (κ3) is 1.10. The largest absolute Gasteiger partial charge is 0.372 e. The summed E-state index contributed by atoms with van der Waals surface area (Å²) < 4.78 is 0. The fraction of sp³-hybridized carbons (Fsp3) is 0.333. The summed E-state index contributed by atoms with van der Waals surface area (Å²) in [6, 6.07) is 6.36. The Kier molecular flexibility index (Phi) is 1.55. The van der Waals surface area contributed by atoms with Crippen LogP contribution in [0.1, 0.15) is 11.1 Å². The first-order valence-corrected chi connectivity index (χ1v) is 3.91. The molecule has 2 nitrogen and oxygen atoms in total. The summed E-state index contributed by atoms with van der Waals surface area (Å²) in [5, 5.41) is 6.56. The number of hydrogen-bond acceptors (Lipinski definition) is 2. The van der Waals surface area contributed by atoms with Crippen LogP contribution in [0.3, 0.4) is 0 Å². The SMILES string of the molecule is Cc1cccc2c1CNCN2. The molecule has 1 aromatic rings. The van der Waals surface area contributed by atoms with Crippen LogP contribution in [-0.4, -0.2) is 6.67 Å². The standard InChI is InChI=1S/C9H12N2/c1-7-3-2-4-9-8(7)5-10-6-11-9/h2-4,10-11H,5-6H2,1H3. The first-order chi connectivity index (χ1) is 5.38. The molecule has 0 amide bonds. The average molecular weight is 148 g/mol. The predicted octanol–water partition coefficient (Wildman–Crippen LogP) is 1.47. The highest BCUT2D eigenvalue weighted by molar-refractivity contribution is 5.55. The van der Waals surface area contributed by atoms with Crippen LogP contribution in [-0.2, 0) is 6.54 Å². The number of aryl methyl sites for hydroxylation is 1. The van der Waals surface area contributed by atoms with Crippen molar-refractivity contribution in [1.29, 1.82) is 0 Å². The molecule has 2 N–H and O–H groups in total. The van der Waals surface area contributed by atoms with E-state index in [4.69, 9.17) is 0 Å². The summed E-state index contributed by atoms with van der Waals surface area (Å²) in [6.45, 7) is 4.03. The van der Waals surface area contributed by atoms with Crippen molar-refractivity contribution in [2.45, 2.75) is 13.5 Å². The number of anilines is 1. The zero-order chi connectivity index (χ0) is 7.68. The number of rotatable bonds is 0. The molecule has 0 atom stereocenters. The van der Waals surface area contributed by atoms with Crippen molar-refractivity contribution in [2.75, 3.05) is 12.0 Å². The molecular formula is C9H12N2. The van der Waals surface area contributed by atoms with Gasteiger partial charge < -0.3 is 5.32 Å². The molecule has 0 saturated heterocycles. The molecule has 0 bridgehead atoms. The van der Waals surface area contributed by atoms with Gasteiger partial charge in [0, 0.05) is 12.2 Å². The molecule has 1 aliphatic rings. The molecule has 58 valence electrons. The van der Waals surface area contributed by atoms with E-state index in [-0.39, 0.29) is 0 Å². The van der Waals surface area contributed by atoms with Crippen LogP contribution in [0, 0.1) is 6.92 Å². The van der Waals surface area contributed by atoms with Crippen LogP contribution in [0.25, 0.3) is 0 Å². The van der Waals surface area contributed by atoms with Gasteiger partial charge in [0.1, 0.15) is 0 Å². The van der Waals surface area contributed by atoms with Gasteiger partial charge in [0.2, 0.25) is 0 Å². The second kappa shape index (κ2) is 2.55. The lowest BCUT2D eigenvalue weighted by atomic mass is 10.1. The van der Waals surface area contributed by atoms with Crippen molar-refractivity contribution in [2.24, 2.45) is 0 Å².